The molecule has 0 unspecified atom stereocenters. The summed E-state index contributed by atoms with van der Waals surface area (Å²) >= 11 is 0. The summed E-state index contributed by atoms with van der Waals surface area (Å²) < 4.78 is 40.1. The molecule has 0 bridgehead atoms. The monoisotopic (exact) mass is 340 g/mol. The molecule has 1 N–H and O–H groups in total. The highest BCUT2D eigenvalue weighted by Gasteiger charge is 2.31. The van der Waals surface area contributed by atoms with E-state index in [2.05, 4.69) is 15.6 Å². The Morgan fingerprint density at radius 1 is 1.38 bits per heavy atom. The van der Waals surface area contributed by atoms with Gasteiger partial charge in [-0.05, 0) is 24.1 Å². The van der Waals surface area contributed by atoms with Gasteiger partial charge >= 0.3 is 6.18 Å². The molecule has 0 aliphatic carbocycles. The first-order chi connectivity index (χ1) is 11.4. The Kier molecular flexibility index (Phi) is 5.94. The quantitative estimate of drug-likeness (QED) is 0.841. The van der Waals surface area contributed by atoms with Crippen LogP contribution in [-0.4, -0.2) is 20.9 Å². The fraction of sp³-hybridized carbons (Fsp3) is 0.438. The number of rotatable bonds is 7. The molecule has 0 aliphatic heterocycles. The minimum Gasteiger partial charge on any atom is -0.349 e. The number of carbonyl (C=O) groups excluding carboxylic acids is 1. The van der Waals surface area contributed by atoms with E-state index in [1.54, 1.807) is 12.3 Å². The van der Waals surface area contributed by atoms with Crippen LogP contribution >= 0.6 is 0 Å². The second-order valence-corrected chi connectivity index (χ2v) is 5.45. The fourth-order valence-electron chi connectivity index (χ4n) is 2.38. The number of aryl methyl sites for hydroxylation is 1. The summed E-state index contributed by atoms with van der Waals surface area (Å²) in [5.41, 5.74) is -0.251. The van der Waals surface area contributed by atoms with Crippen molar-refractivity contribution in [2.24, 2.45) is 0 Å². The zero-order valence-electron chi connectivity index (χ0n) is 13.3. The third kappa shape index (κ3) is 5.07. The van der Waals surface area contributed by atoms with Gasteiger partial charge in [0.1, 0.15) is 0 Å². The Bertz CT molecular complexity index is 656. The van der Waals surface area contributed by atoms with Crippen molar-refractivity contribution in [3.63, 3.8) is 0 Å². The molecule has 24 heavy (non-hydrogen) atoms. The van der Waals surface area contributed by atoms with E-state index in [9.17, 15) is 18.0 Å². The number of hydrogen-bond donors (Lipinski definition) is 1. The molecule has 0 fully saturated rings. The number of aromatic nitrogens is 3. The van der Waals surface area contributed by atoms with E-state index in [4.69, 9.17) is 0 Å². The van der Waals surface area contributed by atoms with Crippen molar-refractivity contribution in [1.29, 1.82) is 0 Å². The molecule has 1 atom stereocenters. The van der Waals surface area contributed by atoms with E-state index in [-0.39, 0.29) is 12.3 Å². The summed E-state index contributed by atoms with van der Waals surface area (Å²) in [6.45, 7) is 2.29. The molecule has 0 radical (unpaired) electrons. The third-order valence-corrected chi connectivity index (χ3v) is 3.57. The Morgan fingerprint density at radius 3 is 2.79 bits per heavy atom. The molecule has 5 nitrogen and oxygen atoms in total. The molecule has 1 heterocycles. The number of hydrogen-bond acceptors (Lipinski definition) is 3. The van der Waals surface area contributed by atoms with Crippen LogP contribution in [0, 0.1) is 0 Å². The molecule has 2 rings (SSSR count). The van der Waals surface area contributed by atoms with Crippen molar-refractivity contribution in [1.82, 2.24) is 20.3 Å². The summed E-state index contributed by atoms with van der Waals surface area (Å²) in [4.78, 5) is 12.1. The van der Waals surface area contributed by atoms with E-state index >= 15 is 0 Å². The second kappa shape index (κ2) is 7.94. The van der Waals surface area contributed by atoms with E-state index < -0.39 is 17.8 Å². The minimum atomic E-state index is -4.40. The summed E-state index contributed by atoms with van der Waals surface area (Å²) in [5, 5.41) is 10.2. The van der Waals surface area contributed by atoms with Crippen LogP contribution in [0.15, 0.2) is 36.7 Å². The number of alkyl halides is 3. The van der Waals surface area contributed by atoms with Crippen LogP contribution in [0.4, 0.5) is 13.2 Å². The van der Waals surface area contributed by atoms with Gasteiger partial charge in [0, 0.05) is 12.6 Å². The lowest BCUT2D eigenvalue weighted by atomic mass is 9.99. The smallest absolute Gasteiger partial charge is 0.349 e. The SMILES string of the molecule is CCC[C@H](NC(=O)CCn1ccnn1)c1cccc(C(F)(F)F)c1. The highest BCUT2D eigenvalue weighted by atomic mass is 19.4. The molecule has 1 aromatic heterocycles. The van der Waals surface area contributed by atoms with E-state index in [1.165, 1.54) is 16.9 Å². The maximum atomic E-state index is 12.9. The Balaban J connectivity index is 2.04. The number of benzene rings is 1. The van der Waals surface area contributed by atoms with Gasteiger partial charge in [-0.2, -0.15) is 13.2 Å². The maximum absolute atomic E-state index is 12.9. The summed E-state index contributed by atoms with van der Waals surface area (Å²) in [6.07, 6.45) is 0.247. The van der Waals surface area contributed by atoms with Crippen molar-refractivity contribution in [2.45, 2.75) is 44.9 Å². The van der Waals surface area contributed by atoms with Gasteiger partial charge in [-0.25, -0.2) is 0 Å². The van der Waals surface area contributed by atoms with Gasteiger partial charge in [-0.1, -0.05) is 30.7 Å². The van der Waals surface area contributed by atoms with Gasteiger partial charge in [-0.15, -0.1) is 5.10 Å². The van der Waals surface area contributed by atoms with E-state index in [1.807, 2.05) is 6.92 Å². The lowest BCUT2D eigenvalue weighted by molar-refractivity contribution is -0.137. The molecule has 0 saturated carbocycles. The molecule has 2 aromatic rings. The first kappa shape index (κ1) is 18.0. The van der Waals surface area contributed by atoms with Gasteiger partial charge in [0.05, 0.1) is 24.3 Å². The first-order valence-corrected chi connectivity index (χ1v) is 7.70. The topological polar surface area (TPSA) is 59.8 Å². The van der Waals surface area contributed by atoms with Crippen LogP contribution in [0.25, 0.3) is 0 Å². The Hall–Kier alpha value is -2.38. The van der Waals surface area contributed by atoms with Crippen LogP contribution in [0.5, 0.6) is 0 Å². The summed E-state index contributed by atoms with van der Waals surface area (Å²) in [7, 11) is 0. The van der Waals surface area contributed by atoms with Crippen molar-refractivity contribution in [2.75, 3.05) is 0 Å². The summed E-state index contributed by atoms with van der Waals surface area (Å²) in [6, 6.07) is 4.65. The molecular weight excluding hydrogens is 321 g/mol. The second-order valence-electron chi connectivity index (χ2n) is 5.45. The number of nitrogens with zero attached hydrogens (tertiary/aromatic N) is 3. The number of halogens is 3. The van der Waals surface area contributed by atoms with Gasteiger partial charge in [-0.3, -0.25) is 9.48 Å². The number of amides is 1. The Morgan fingerprint density at radius 2 is 2.17 bits per heavy atom. The third-order valence-electron chi connectivity index (χ3n) is 3.57. The first-order valence-electron chi connectivity index (χ1n) is 7.70. The van der Waals surface area contributed by atoms with E-state index in [0.717, 1.165) is 18.6 Å². The van der Waals surface area contributed by atoms with Gasteiger partial charge in [0.25, 0.3) is 0 Å². The minimum absolute atomic E-state index is 0.183. The number of carbonyl (C=O) groups is 1. The van der Waals surface area contributed by atoms with Crippen LogP contribution < -0.4 is 5.32 Å². The molecule has 130 valence electrons. The van der Waals surface area contributed by atoms with Crippen molar-refractivity contribution >= 4 is 5.91 Å². The van der Waals surface area contributed by atoms with Crippen molar-refractivity contribution < 1.29 is 18.0 Å². The maximum Gasteiger partial charge on any atom is 0.416 e. The Labute approximate surface area is 137 Å². The normalized spacial score (nSPS) is 12.8. The molecular formula is C16H19F3N4O. The zero-order valence-corrected chi connectivity index (χ0v) is 13.3. The fourth-order valence-corrected chi connectivity index (χ4v) is 2.38. The lowest BCUT2D eigenvalue weighted by Gasteiger charge is -2.20. The predicted molar refractivity (Wildman–Crippen MR) is 81.9 cm³/mol. The lowest BCUT2D eigenvalue weighted by Crippen LogP contribution is -2.29. The standard InChI is InChI=1S/C16H19F3N4O/c1-2-4-14(12-5-3-6-13(11-12)16(17,18)19)21-15(24)7-9-23-10-8-20-22-23/h3,5-6,8,10-11,14H,2,4,7,9H2,1H3,(H,21,24)/t14-/m0/s1. The number of nitrogens with one attached hydrogen (secondary N) is 1. The molecule has 8 heteroatoms. The molecule has 1 aromatic carbocycles. The van der Waals surface area contributed by atoms with Crippen LogP contribution in [-0.2, 0) is 17.5 Å². The predicted octanol–water partition coefficient (Wildman–Crippen LogP) is 3.34. The van der Waals surface area contributed by atoms with Crippen molar-refractivity contribution in [3.05, 3.63) is 47.8 Å². The van der Waals surface area contributed by atoms with Gasteiger partial charge in [0.2, 0.25) is 5.91 Å². The van der Waals surface area contributed by atoms with Gasteiger partial charge in [0.15, 0.2) is 0 Å². The van der Waals surface area contributed by atoms with Crippen LogP contribution in [0.3, 0.4) is 0 Å². The molecule has 0 aliphatic rings. The highest BCUT2D eigenvalue weighted by molar-refractivity contribution is 5.76. The van der Waals surface area contributed by atoms with Crippen molar-refractivity contribution in [3.8, 4) is 0 Å². The average molecular weight is 340 g/mol. The van der Waals surface area contributed by atoms with Crippen LogP contribution in [0.2, 0.25) is 0 Å². The largest absolute Gasteiger partial charge is 0.416 e. The molecule has 0 saturated heterocycles. The van der Waals surface area contributed by atoms with E-state index in [0.29, 0.717) is 18.5 Å². The summed E-state index contributed by atoms with van der Waals surface area (Å²) in [5.74, 6) is -0.235. The van der Waals surface area contributed by atoms with Gasteiger partial charge < -0.3 is 5.32 Å². The van der Waals surface area contributed by atoms with Crippen LogP contribution in [0.1, 0.15) is 43.4 Å². The average Bonchev–Trinajstić information content (AvgIpc) is 3.05. The molecule has 0 spiro atoms. The zero-order chi connectivity index (χ0) is 17.6. The molecule has 1 amide bonds. The highest BCUT2D eigenvalue weighted by Crippen LogP contribution is 2.31.